The normalized spacial score (nSPS) is 14.6. The van der Waals surface area contributed by atoms with E-state index in [4.69, 9.17) is 9.84 Å². The first-order chi connectivity index (χ1) is 13.0. The fraction of sp³-hybridized carbons (Fsp3) is 0.300. The molecular formula is C20H20N2O5. The van der Waals surface area contributed by atoms with Crippen LogP contribution in [0.3, 0.4) is 0 Å². The summed E-state index contributed by atoms with van der Waals surface area (Å²) in [7, 11) is 1.58. The summed E-state index contributed by atoms with van der Waals surface area (Å²) in [6.07, 6.45) is 2.47. The summed E-state index contributed by atoms with van der Waals surface area (Å²) in [4.78, 5) is 41.5. The first kappa shape index (κ1) is 18.6. The van der Waals surface area contributed by atoms with Gasteiger partial charge in [-0.1, -0.05) is 0 Å². The molecule has 3 rings (SSSR count). The maximum absolute atomic E-state index is 12.6. The van der Waals surface area contributed by atoms with Crippen molar-refractivity contribution in [3.63, 3.8) is 0 Å². The number of benzene rings is 1. The Morgan fingerprint density at radius 3 is 2.19 bits per heavy atom. The molecule has 0 aliphatic carbocycles. The maximum atomic E-state index is 12.6. The first-order valence-electron chi connectivity index (χ1n) is 8.66. The van der Waals surface area contributed by atoms with Crippen LogP contribution in [0.1, 0.15) is 44.0 Å². The topological polar surface area (TPSA) is 96.8 Å². The summed E-state index contributed by atoms with van der Waals surface area (Å²) in [5, 5.41) is 8.87. The second-order valence-corrected chi connectivity index (χ2v) is 6.40. The van der Waals surface area contributed by atoms with Gasteiger partial charge in [0.2, 0.25) is 0 Å². The van der Waals surface area contributed by atoms with Gasteiger partial charge in [-0.05, 0) is 49.2 Å². The number of carbonyl (C=O) groups excluding carboxylic acids is 2. The number of likely N-dealkylation sites (tertiary alicyclic amines) is 1. The van der Waals surface area contributed by atoms with Crippen LogP contribution in [0.2, 0.25) is 0 Å². The van der Waals surface area contributed by atoms with Gasteiger partial charge in [-0.25, -0.2) is 9.78 Å². The zero-order chi connectivity index (χ0) is 19.4. The van der Waals surface area contributed by atoms with Crippen LogP contribution in [-0.4, -0.2) is 52.8 Å². The Hall–Kier alpha value is -3.22. The van der Waals surface area contributed by atoms with E-state index in [0.717, 1.165) is 0 Å². The molecule has 1 N–H and O–H groups in total. The number of hydrogen-bond donors (Lipinski definition) is 1. The smallest absolute Gasteiger partial charge is 0.354 e. The second-order valence-electron chi connectivity index (χ2n) is 6.40. The molecule has 1 aromatic heterocycles. The monoisotopic (exact) mass is 368 g/mol. The highest BCUT2D eigenvalue weighted by Crippen LogP contribution is 2.24. The molecule has 0 atom stereocenters. The van der Waals surface area contributed by atoms with E-state index in [9.17, 15) is 14.4 Å². The van der Waals surface area contributed by atoms with Gasteiger partial charge in [0.05, 0.1) is 12.7 Å². The van der Waals surface area contributed by atoms with Crippen LogP contribution < -0.4 is 4.74 Å². The lowest BCUT2D eigenvalue weighted by atomic mass is 9.88. The average Bonchev–Trinajstić information content (AvgIpc) is 2.73. The van der Waals surface area contributed by atoms with E-state index >= 15 is 0 Å². The summed E-state index contributed by atoms with van der Waals surface area (Å²) in [6, 6.07) is 9.82. The molecule has 0 bridgehead atoms. The lowest BCUT2D eigenvalue weighted by molar-refractivity contribution is 0.0648. The van der Waals surface area contributed by atoms with Gasteiger partial charge in [-0.2, -0.15) is 0 Å². The average molecular weight is 368 g/mol. The van der Waals surface area contributed by atoms with E-state index < -0.39 is 5.97 Å². The highest BCUT2D eigenvalue weighted by Gasteiger charge is 2.28. The Labute approximate surface area is 156 Å². The summed E-state index contributed by atoms with van der Waals surface area (Å²) < 4.78 is 5.10. The molecule has 1 amide bonds. The molecule has 0 saturated carbocycles. The number of amides is 1. The van der Waals surface area contributed by atoms with Crippen molar-refractivity contribution in [3.8, 4) is 5.75 Å². The summed E-state index contributed by atoms with van der Waals surface area (Å²) >= 11 is 0. The number of aromatic carboxylic acids is 1. The van der Waals surface area contributed by atoms with Crippen LogP contribution >= 0.6 is 0 Å². The van der Waals surface area contributed by atoms with Gasteiger partial charge in [0.15, 0.2) is 5.78 Å². The van der Waals surface area contributed by atoms with Gasteiger partial charge >= 0.3 is 5.97 Å². The zero-order valence-corrected chi connectivity index (χ0v) is 14.9. The minimum atomic E-state index is -1.13. The third-order valence-corrected chi connectivity index (χ3v) is 4.76. The standard InChI is InChI=1S/C20H20N2O5/c1-27-16-5-2-13(3-6-16)18(23)14-8-10-22(11-9-14)19(24)15-4-7-17(20(25)26)21-12-15/h2-7,12,14H,8-11H2,1H3,(H,25,26). The van der Waals surface area contributed by atoms with Crippen molar-refractivity contribution in [2.75, 3.05) is 20.2 Å². The Morgan fingerprint density at radius 1 is 1.04 bits per heavy atom. The fourth-order valence-corrected chi connectivity index (χ4v) is 3.17. The molecule has 140 valence electrons. The Morgan fingerprint density at radius 2 is 1.67 bits per heavy atom. The van der Waals surface area contributed by atoms with E-state index in [1.165, 1.54) is 18.3 Å². The molecule has 2 heterocycles. The summed E-state index contributed by atoms with van der Waals surface area (Å²) in [6.45, 7) is 0.957. The molecule has 7 heteroatoms. The molecule has 7 nitrogen and oxygen atoms in total. The number of carboxylic acids is 1. The van der Waals surface area contributed by atoms with Crippen LogP contribution in [0.25, 0.3) is 0 Å². The zero-order valence-electron chi connectivity index (χ0n) is 14.9. The van der Waals surface area contributed by atoms with Gasteiger partial charge in [0.1, 0.15) is 11.4 Å². The minimum absolute atomic E-state index is 0.0808. The molecule has 0 radical (unpaired) electrons. The summed E-state index contributed by atoms with van der Waals surface area (Å²) in [5.41, 5.74) is 0.893. The highest BCUT2D eigenvalue weighted by molar-refractivity contribution is 5.98. The summed E-state index contributed by atoms with van der Waals surface area (Å²) in [5.74, 6) is -0.664. The van der Waals surface area contributed by atoms with Gasteiger partial charge in [-0.15, -0.1) is 0 Å². The number of carboxylic acid groups (broad SMARTS) is 1. The molecule has 0 unspecified atom stereocenters. The number of Topliss-reactive ketones (excluding diaryl/α,β-unsaturated/α-hetero) is 1. The van der Waals surface area contributed by atoms with Crippen molar-refractivity contribution in [2.45, 2.75) is 12.8 Å². The number of rotatable bonds is 5. The van der Waals surface area contributed by atoms with E-state index in [-0.39, 0.29) is 23.3 Å². The Balaban J connectivity index is 1.59. The number of piperidine rings is 1. The number of aromatic nitrogens is 1. The van der Waals surface area contributed by atoms with Crippen molar-refractivity contribution in [1.82, 2.24) is 9.88 Å². The van der Waals surface area contributed by atoms with Crippen molar-refractivity contribution in [2.24, 2.45) is 5.92 Å². The number of ether oxygens (including phenoxy) is 1. The molecule has 1 aromatic carbocycles. The van der Waals surface area contributed by atoms with E-state index in [1.54, 1.807) is 36.3 Å². The van der Waals surface area contributed by atoms with E-state index in [1.807, 2.05) is 0 Å². The largest absolute Gasteiger partial charge is 0.497 e. The van der Waals surface area contributed by atoms with Crippen LogP contribution in [0.4, 0.5) is 0 Å². The number of nitrogens with zero attached hydrogens (tertiary/aromatic N) is 2. The van der Waals surface area contributed by atoms with Crippen molar-refractivity contribution in [3.05, 3.63) is 59.4 Å². The molecule has 1 aliphatic heterocycles. The fourth-order valence-electron chi connectivity index (χ4n) is 3.17. The SMILES string of the molecule is COc1ccc(C(=O)C2CCN(C(=O)c3ccc(C(=O)O)nc3)CC2)cc1. The lowest BCUT2D eigenvalue weighted by Gasteiger charge is -2.31. The molecule has 1 fully saturated rings. The van der Waals surface area contributed by atoms with Crippen LogP contribution in [0.5, 0.6) is 5.75 Å². The molecule has 2 aromatic rings. The van der Waals surface area contributed by atoms with Gasteiger partial charge < -0.3 is 14.7 Å². The number of pyridine rings is 1. The van der Waals surface area contributed by atoms with Crippen LogP contribution in [-0.2, 0) is 0 Å². The van der Waals surface area contributed by atoms with Crippen molar-refractivity contribution >= 4 is 17.7 Å². The molecule has 1 saturated heterocycles. The molecule has 0 spiro atoms. The lowest BCUT2D eigenvalue weighted by Crippen LogP contribution is -2.40. The number of hydrogen-bond acceptors (Lipinski definition) is 5. The first-order valence-corrected chi connectivity index (χ1v) is 8.66. The highest BCUT2D eigenvalue weighted by atomic mass is 16.5. The molecular weight excluding hydrogens is 348 g/mol. The number of ketones is 1. The predicted molar refractivity (Wildman–Crippen MR) is 97.1 cm³/mol. The second kappa shape index (κ2) is 7.99. The number of methoxy groups -OCH3 is 1. The Kier molecular flexibility index (Phi) is 5.49. The van der Waals surface area contributed by atoms with Gasteiger partial charge in [0.25, 0.3) is 5.91 Å². The Bertz CT molecular complexity index is 838. The minimum Gasteiger partial charge on any atom is -0.497 e. The van der Waals surface area contributed by atoms with Crippen LogP contribution in [0.15, 0.2) is 42.6 Å². The number of carbonyl (C=O) groups is 3. The quantitative estimate of drug-likeness (QED) is 0.815. The maximum Gasteiger partial charge on any atom is 0.354 e. The predicted octanol–water partition coefficient (Wildman–Crippen LogP) is 2.52. The molecule has 27 heavy (non-hydrogen) atoms. The van der Waals surface area contributed by atoms with E-state index in [0.29, 0.717) is 42.8 Å². The van der Waals surface area contributed by atoms with E-state index in [2.05, 4.69) is 4.98 Å². The third-order valence-electron chi connectivity index (χ3n) is 4.76. The molecule has 1 aliphatic rings. The van der Waals surface area contributed by atoms with Crippen molar-refractivity contribution in [1.29, 1.82) is 0 Å². The van der Waals surface area contributed by atoms with Crippen LogP contribution in [0, 0.1) is 5.92 Å². The van der Waals surface area contributed by atoms with Crippen molar-refractivity contribution < 1.29 is 24.2 Å². The third kappa shape index (κ3) is 4.13. The van der Waals surface area contributed by atoms with Gasteiger partial charge in [0, 0.05) is 30.8 Å². The van der Waals surface area contributed by atoms with Gasteiger partial charge in [-0.3, -0.25) is 9.59 Å².